The first kappa shape index (κ1) is 45.3. The van der Waals surface area contributed by atoms with Gasteiger partial charge in [0.25, 0.3) is 0 Å². The van der Waals surface area contributed by atoms with Gasteiger partial charge in [0, 0.05) is 24.4 Å². The first-order valence-electron chi connectivity index (χ1n) is 16.5. The van der Waals surface area contributed by atoms with Crippen molar-refractivity contribution < 1.29 is 37.5 Å². The van der Waals surface area contributed by atoms with Gasteiger partial charge < -0.3 is 27.9 Å². The molecule has 0 rings (SSSR count). The van der Waals surface area contributed by atoms with E-state index in [1.54, 1.807) is 13.8 Å². The van der Waals surface area contributed by atoms with Gasteiger partial charge >= 0.3 is 11.9 Å². The Morgan fingerprint density at radius 1 is 0.500 bits per heavy atom. The molecule has 44 heavy (non-hydrogen) atoms. The van der Waals surface area contributed by atoms with Crippen LogP contribution in [0.15, 0.2) is 24.3 Å². The first-order valence-corrected chi connectivity index (χ1v) is 28.9. The zero-order valence-electron chi connectivity index (χ0n) is 30.1. The summed E-state index contributed by atoms with van der Waals surface area (Å²) in [4.78, 5) is 22.7. The van der Waals surface area contributed by atoms with Crippen molar-refractivity contribution in [3.63, 3.8) is 0 Å². The van der Waals surface area contributed by atoms with Crippen molar-refractivity contribution >= 4 is 45.2 Å². The van der Waals surface area contributed by atoms with E-state index < -0.39 is 33.3 Å². The summed E-state index contributed by atoms with van der Waals surface area (Å²) in [5, 5.41) is 17.6. The Morgan fingerprint density at radius 2 is 0.750 bits per heavy atom. The van der Waals surface area contributed by atoms with Crippen LogP contribution in [0.2, 0.25) is 76.6 Å². The van der Waals surface area contributed by atoms with E-state index >= 15 is 0 Å². The van der Waals surface area contributed by atoms with Crippen molar-refractivity contribution in [2.75, 3.05) is 26.4 Å². The van der Waals surface area contributed by atoms with Gasteiger partial charge in [-0.3, -0.25) is 0 Å². The maximum Gasteiger partial charge on any atom is 0.333 e. The second kappa shape index (κ2) is 23.4. The minimum absolute atomic E-state index is 0.293. The van der Waals surface area contributed by atoms with E-state index in [9.17, 15) is 9.59 Å². The molecule has 0 saturated carbocycles. The smallest absolute Gasteiger partial charge is 0.333 e. The molecule has 2 N–H and O–H groups in total. The molecule has 0 amide bonds. The van der Waals surface area contributed by atoms with Crippen LogP contribution in [0.4, 0.5) is 0 Å². The molecule has 0 atom stereocenters. The van der Waals surface area contributed by atoms with Crippen molar-refractivity contribution in [2.45, 2.75) is 142 Å². The average molecular weight is 693 g/mol. The third kappa shape index (κ3) is 27.4. The van der Waals surface area contributed by atoms with E-state index in [-0.39, 0.29) is 11.9 Å². The molecule has 0 unspecified atom stereocenters. The summed E-state index contributed by atoms with van der Waals surface area (Å²) in [5.41, 5.74) is 0.880. The number of hydrogen-bond donors (Lipinski definition) is 2. The number of ether oxygens (including phenoxy) is 2. The lowest BCUT2D eigenvalue weighted by Crippen LogP contribution is -2.44. The standard InChI is InChI=1S/C20H38O5Si2.C12H30O3Si2/c1-17(2)19(21)23-13-9-11-15-26(5,6)25-27(7,8)16-12-10-14-24-20(22)18(3)4;1-16(2,11-7-5-9-13)15-17(3,4)12-8-6-10-14/h1,3,9-16H2,2,4-8H3;13-14H,5-12H2,1-4H3. The van der Waals surface area contributed by atoms with Crippen molar-refractivity contribution in [1.29, 1.82) is 0 Å². The minimum atomic E-state index is -1.73. The van der Waals surface area contributed by atoms with E-state index in [1.807, 2.05) is 0 Å². The molecule has 0 aromatic rings. The molecule has 0 aliphatic heterocycles. The average Bonchev–Trinajstić information content (AvgIpc) is 2.87. The van der Waals surface area contributed by atoms with Crippen molar-refractivity contribution in [3.8, 4) is 0 Å². The molecule has 260 valence electrons. The minimum Gasteiger partial charge on any atom is -0.462 e. The normalized spacial score (nSPS) is 12.3. The molecule has 0 saturated heterocycles. The maximum absolute atomic E-state index is 11.3. The van der Waals surface area contributed by atoms with E-state index in [2.05, 4.69) is 65.5 Å². The molecule has 0 bridgehead atoms. The van der Waals surface area contributed by atoms with Crippen molar-refractivity contribution in [2.24, 2.45) is 0 Å². The van der Waals surface area contributed by atoms with Crippen LogP contribution in [0.1, 0.15) is 65.2 Å². The zero-order chi connectivity index (χ0) is 34.5. The predicted octanol–water partition coefficient (Wildman–Crippen LogP) is 8.17. The van der Waals surface area contributed by atoms with Gasteiger partial charge in [-0.2, -0.15) is 0 Å². The van der Waals surface area contributed by atoms with Gasteiger partial charge in [-0.1, -0.05) is 38.8 Å². The van der Waals surface area contributed by atoms with Crippen LogP contribution >= 0.6 is 0 Å². The Kier molecular flexibility index (Phi) is 24.1. The van der Waals surface area contributed by atoms with Gasteiger partial charge in [-0.05, 0) is 116 Å². The topological polar surface area (TPSA) is 112 Å². The fourth-order valence-corrected chi connectivity index (χ4v) is 22.9. The Bertz CT molecular complexity index is 778. The number of aliphatic hydroxyl groups excluding tert-OH is 2. The fraction of sp³-hybridized carbons (Fsp3) is 0.812. The number of aliphatic hydroxyl groups is 2. The fourth-order valence-electron chi connectivity index (χ4n) is 4.91. The summed E-state index contributed by atoms with van der Waals surface area (Å²) in [6, 6.07) is 4.41. The first-order chi connectivity index (χ1) is 20.2. The SMILES string of the molecule is C=C(C)C(=O)OCCCC[Si](C)(C)O[Si](C)(C)CCCCOC(=O)C(=C)C.C[Si](C)(CCCCO)O[Si](C)(C)CCCCO. The van der Waals surface area contributed by atoms with Gasteiger partial charge in [0.05, 0.1) is 13.2 Å². The molecule has 0 aromatic carbocycles. The van der Waals surface area contributed by atoms with Crippen LogP contribution < -0.4 is 0 Å². The summed E-state index contributed by atoms with van der Waals surface area (Å²) < 4.78 is 23.3. The summed E-state index contributed by atoms with van der Waals surface area (Å²) in [5.74, 6) is -0.629. The summed E-state index contributed by atoms with van der Waals surface area (Å²) in [6.07, 6.45) is 7.67. The number of esters is 2. The lowest BCUT2D eigenvalue weighted by atomic mass is 10.3. The van der Waals surface area contributed by atoms with Crippen molar-refractivity contribution in [1.82, 2.24) is 0 Å². The molecule has 0 aliphatic rings. The summed E-state index contributed by atoms with van der Waals surface area (Å²) in [7, 11) is -6.56. The molecular formula is C32H68O8Si4. The molecule has 0 spiro atoms. The largest absolute Gasteiger partial charge is 0.462 e. The maximum atomic E-state index is 11.3. The van der Waals surface area contributed by atoms with Gasteiger partial charge in [0.2, 0.25) is 0 Å². The Labute approximate surface area is 274 Å². The van der Waals surface area contributed by atoms with Gasteiger partial charge in [0.1, 0.15) is 0 Å². The number of unbranched alkanes of at least 4 members (excludes halogenated alkanes) is 4. The van der Waals surface area contributed by atoms with Crippen LogP contribution in [-0.2, 0) is 27.3 Å². The van der Waals surface area contributed by atoms with E-state index in [0.717, 1.165) is 75.5 Å². The zero-order valence-corrected chi connectivity index (χ0v) is 34.1. The van der Waals surface area contributed by atoms with Gasteiger partial charge in [-0.25, -0.2) is 9.59 Å². The van der Waals surface area contributed by atoms with Crippen LogP contribution in [0, 0.1) is 0 Å². The monoisotopic (exact) mass is 692 g/mol. The van der Waals surface area contributed by atoms with E-state index in [1.165, 1.54) is 0 Å². The number of hydrogen-bond acceptors (Lipinski definition) is 8. The molecule has 0 radical (unpaired) electrons. The number of rotatable bonds is 24. The molecule has 12 heteroatoms. The Balaban J connectivity index is 0. The third-order valence-electron chi connectivity index (χ3n) is 6.99. The molecule has 8 nitrogen and oxygen atoms in total. The van der Waals surface area contributed by atoms with Crippen molar-refractivity contribution in [3.05, 3.63) is 24.3 Å². The highest BCUT2D eigenvalue weighted by Gasteiger charge is 2.33. The second-order valence-corrected chi connectivity index (χ2v) is 32.1. The molecule has 0 heterocycles. The Morgan fingerprint density at radius 3 is 0.977 bits per heavy atom. The summed E-state index contributed by atoms with van der Waals surface area (Å²) >= 11 is 0. The highest BCUT2D eigenvalue weighted by atomic mass is 28.4. The van der Waals surface area contributed by atoms with E-state index in [4.69, 9.17) is 27.9 Å². The van der Waals surface area contributed by atoms with Gasteiger partial charge in [-0.15, -0.1) is 0 Å². The second-order valence-electron chi connectivity index (χ2n) is 14.4. The molecular weight excluding hydrogens is 625 g/mol. The van der Waals surface area contributed by atoms with Gasteiger partial charge in [0.15, 0.2) is 33.3 Å². The quantitative estimate of drug-likeness (QED) is 0.0451. The highest BCUT2D eigenvalue weighted by Crippen LogP contribution is 2.26. The molecule has 0 fully saturated rings. The van der Waals surface area contributed by atoms with Crippen LogP contribution in [-0.4, -0.2) is 81.8 Å². The van der Waals surface area contributed by atoms with Crippen LogP contribution in [0.5, 0.6) is 0 Å². The predicted molar refractivity (Wildman–Crippen MR) is 194 cm³/mol. The van der Waals surface area contributed by atoms with Crippen LogP contribution in [0.3, 0.4) is 0 Å². The lowest BCUT2D eigenvalue weighted by Gasteiger charge is -2.34. The summed E-state index contributed by atoms with van der Waals surface area (Å²) in [6.45, 7) is 30.1. The lowest BCUT2D eigenvalue weighted by molar-refractivity contribution is -0.139. The molecule has 0 aliphatic carbocycles. The molecule has 0 aromatic heterocycles. The number of carbonyl (C=O) groups is 2. The van der Waals surface area contributed by atoms with Crippen LogP contribution in [0.25, 0.3) is 0 Å². The number of carbonyl (C=O) groups excluding carboxylic acids is 2. The highest BCUT2D eigenvalue weighted by molar-refractivity contribution is 6.85. The van der Waals surface area contributed by atoms with E-state index in [0.29, 0.717) is 37.6 Å². The Hall–Kier alpha value is -0.872. The third-order valence-corrected chi connectivity index (χ3v) is 22.1.